The normalized spacial score (nSPS) is 14.6. The van der Waals surface area contributed by atoms with Crippen LogP contribution in [-0.4, -0.2) is 29.6 Å². The zero-order valence-corrected chi connectivity index (χ0v) is 11.4. The molecule has 0 saturated heterocycles. The van der Waals surface area contributed by atoms with E-state index >= 15 is 0 Å². The first-order valence-corrected chi connectivity index (χ1v) is 4.71. The van der Waals surface area contributed by atoms with Crippen molar-refractivity contribution in [1.29, 1.82) is 0 Å². The van der Waals surface area contributed by atoms with Crippen LogP contribution < -0.4 is 0 Å². The van der Waals surface area contributed by atoms with Gasteiger partial charge in [-0.15, -0.1) is 0 Å². The van der Waals surface area contributed by atoms with Crippen LogP contribution in [0, 0.1) is 43.2 Å². The molecular weight excluding hydrogens is 440 g/mol. The molecule has 0 heterocycles. The summed E-state index contributed by atoms with van der Waals surface area (Å²) in [6.45, 7) is 1.73. The molecular formula is C9H9ErF7O2. The summed E-state index contributed by atoms with van der Waals surface area (Å²) in [4.78, 5) is 20.9. The molecule has 0 aliphatic heterocycles. The molecule has 0 N–H and O–H groups in total. The predicted molar refractivity (Wildman–Crippen MR) is 45.4 cm³/mol. The molecule has 0 aliphatic rings. The van der Waals surface area contributed by atoms with Gasteiger partial charge in [0.25, 0.3) is 5.78 Å². The molecule has 1 unspecified atom stereocenters. The van der Waals surface area contributed by atoms with E-state index in [4.69, 9.17) is 0 Å². The first-order chi connectivity index (χ1) is 7.80. The summed E-state index contributed by atoms with van der Waals surface area (Å²) < 4.78 is 87.5. The first kappa shape index (κ1) is 21.4. The van der Waals surface area contributed by atoms with Crippen molar-refractivity contribution >= 4 is 11.6 Å². The van der Waals surface area contributed by atoms with Crippen LogP contribution in [-0.2, 0) is 9.59 Å². The van der Waals surface area contributed by atoms with Crippen LogP contribution in [0.15, 0.2) is 0 Å². The maximum Gasteiger partial charge on any atom is 0.458 e. The second-order valence-corrected chi connectivity index (χ2v) is 3.66. The Bertz CT molecular complexity index is 351. The third kappa shape index (κ3) is 4.28. The minimum absolute atomic E-state index is 0. The molecule has 0 spiro atoms. The van der Waals surface area contributed by atoms with E-state index in [0.29, 0.717) is 6.92 Å². The molecule has 0 fully saturated rings. The Morgan fingerprint density at radius 2 is 1.32 bits per heavy atom. The van der Waals surface area contributed by atoms with Crippen LogP contribution in [0.2, 0.25) is 0 Å². The van der Waals surface area contributed by atoms with Gasteiger partial charge in [-0.25, -0.2) is 0 Å². The predicted octanol–water partition coefficient (Wildman–Crippen LogP) is 3.00. The fourth-order valence-electron chi connectivity index (χ4n) is 0.989. The van der Waals surface area contributed by atoms with Gasteiger partial charge in [0.05, 0.1) is 0 Å². The van der Waals surface area contributed by atoms with Gasteiger partial charge in [0.1, 0.15) is 0 Å². The topological polar surface area (TPSA) is 34.1 Å². The van der Waals surface area contributed by atoms with Gasteiger partial charge in [-0.3, -0.25) is 9.59 Å². The number of hydrogen-bond donors (Lipinski definition) is 0. The Morgan fingerprint density at radius 3 is 1.58 bits per heavy atom. The van der Waals surface area contributed by atoms with E-state index < -0.39 is 41.9 Å². The number of ketones is 2. The molecule has 0 radical (unpaired) electrons. The van der Waals surface area contributed by atoms with Gasteiger partial charge in [0.2, 0.25) is 0 Å². The Balaban J connectivity index is 0. The van der Waals surface area contributed by atoms with Crippen molar-refractivity contribution < 1.29 is 77.6 Å². The molecule has 0 amide bonds. The van der Waals surface area contributed by atoms with Crippen LogP contribution >= 0.6 is 0 Å². The molecule has 10 heteroatoms. The maximum absolute atomic E-state index is 13.1. The number of rotatable bonds is 5. The van der Waals surface area contributed by atoms with Crippen LogP contribution in [0.3, 0.4) is 0 Å². The van der Waals surface area contributed by atoms with Crippen LogP contribution in [0.5, 0.6) is 0 Å². The third-order valence-electron chi connectivity index (χ3n) is 2.40. The number of carbonyl (C=O) groups is 2. The minimum atomic E-state index is -5.91. The van der Waals surface area contributed by atoms with Crippen molar-refractivity contribution in [2.24, 2.45) is 5.92 Å². The molecule has 0 aromatic rings. The fourth-order valence-corrected chi connectivity index (χ4v) is 0.989. The summed E-state index contributed by atoms with van der Waals surface area (Å²) in [6.07, 6.45) is -6.41. The number of halogens is 7. The molecule has 2 nitrogen and oxygen atoms in total. The number of alkyl halides is 7. The van der Waals surface area contributed by atoms with E-state index in [1.165, 1.54) is 0 Å². The zero-order valence-electron chi connectivity index (χ0n) is 9.54. The fraction of sp³-hybridized carbons (Fsp3) is 0.778. The third-order valence-corrected chi connectivity index (χ3v) is 2.40. The average Bonchev–Trinajstić information content (AvgIpc) is 2.23. The van der Waals surface area contributed by atoms with Crippen molar-refractivity contribution in [3.8, 4) is 0 Å². The molecule has 0 aromatic carbocycles. The number of hydrogen-bond acceptors (Lipinski definition) is 2. The minimum Gasteiger partial charge on any atom is -0.283 e. The molecule has 0 aromatic heterocycles. The molecule has 0 aliphatic carbocycles. The molecule has 0 saturated carbocycles. The summed E-state index contributed by atoms with van der Waals surface area (Å²) in [5.41, 5.74) is 0. The van der Waals surface area contributed by atoms with Crippen molar-refractivity contribution in [2.75, 3.05) is 0 Å². The molecule has 0 bridgehead atoms. The SMILES string of the molecule is CCC(C)C(F)(F)C(F)(F)C(=O)C(=O)C(F)(F)F.[Er]. The molecule has 19 heavy (non-hydrogen) atoms. The van der Waals surface area contributed by atoms with E-state index in [9.17, 15) is 40.3 Å². The van der Waals surface area contributed by atoms with Crippen LogP contribution in [0.25, 0.3) is 0 Å². The summed E-state index contributed by atoms with van der Waals surface area (Å²) in [5, 5.41) is 0. The number of carbonyl (C=O) groups excluding carboxylic acids is 2. The van der Waals surface area contributed by atoms with Crippen LogP contribution in [0.4, 0.5) is 30.7 Å². The van der Waals surface area contributed by atoms with E-state index in [-0.39, 0.29) is 37.3 Å². The van der Waals surface area contributed by atoms with Gasteiger partial charge in [-0.05, 0) is 6.42 Å². The monoisotopic (exact) mass is 448 g/mol. The standard InChI is InChI=1S/C9H9F7O2.Er/c1-3-4(2)7(10,11)8(12,13)5(17)6(18)9(14,15)16;/h4H,3H2,1-2H3;. The largest absolute Gasteiger partial charge is 0.458 e. The van der Waals surface area contributed by atoms with E-state index in [2.05, 4.69) is 0 Å². The van der Waals surface area contributed by atoms with Gasteiger partial charge in [-0.1, -0.05) is 13.8 Å². The summed E-state index contributed by atoms with van der Waals surface area (Å²) in [5.74, 6) is -19.7. The summed E-state index contributed by atoms with van der Waals surface area (Å²) >= 11 is 0. The van der Waals surface area contributed by atoms with E-state index in [1.54, 1.807) is 0 Å². The van der Waals surface area contributed by atoms with Gasteiger partial charge in [0, 0.05) is 43.2 Å². The van der Waals surface area contributed by atoms with Crippen molar-refractivity contribution in [1.82, 2.24) is 0 Å². The second-order valence-electron chi connectivity index (χ2n) is 3.66. The Labute approximate surface area is 133 Å². The van der Waals surface area contributed by atoms with Crippen molar-refractivity contribution in [2.45, 2.75) is 38.3 Å². The molecule has 0 rings (SSSR count). The van der Waals surface area contributed by atoms with Gasteiger partial charge in [0.15, 0.2) is 0 Å². The summed E-state index contributed by atoms with van der Waals surface area (Å²) in [7, 11) is 0. The Morgan fingerprint density at radius 1 is 0.947 bits per heavy atom. The quantitative estimate of drug-likeness (QED) is 0.478. The van der Waals surface area contributed by atoms with Crippen molar-refractivity contribution in [3.63, 3.8) is 0 Å². The molecule has 1 atom stereocenters. The zero-order chi connectivity index (χ0) is 14.9. The van der Waals surface area contributed by atoms with Gasteiger partial charge >= 0.3 is 23.8 Å². The van der Waals surface area contributed by atoms with Gasteiger partial charge < -0.3 is 0 Å². The van der Waals surface area contributed by atoms with E-state index in [0.717, 1.165) is 6.92 Å². The number of Topliss-reactive ketones (excluding diaryl/α,β-unsaturated/α-hetero) is 2. The Kier molecular flexibility index (Phi) is 7.55. The second kappa shape index (κ2) is 6.70. The van der Waals surface area contributed by atoms with Gasteiger partial charge in [-0.2, -0.15) is 30.7 Å². The summed E-state index contributed by atoms with van der Waals surface area (Å²) in [6, 6.07) is 0. The smallest absolute Gasteiger partial charge is 0.283 e. The van der Waals surface area contributed by atoms with Crippen molar-refractivity contribution in [3.05, 3.63) is 0 Å². The first-order valence-electron chi connectivity index (χ1n) is 4.71. The average molecular weight is 449 g/mol. The maximum atomic E-state index is 13.1. The molecule has 118 valence electrons. The van der Waals surface area contributed by atoms with Crippen LogP contribution in [0.1, 0.15) is 20.3 Å². The van der Waals surface area contributed by atoms with E-state index in [1.807, 2.05) is 0 Å². The Hall–Kier alpha value is 0.0968.